The normalized spacial score (nSPS) is 20.2. The monoisotopic (exact) mass is 597 g/mol. The molecule has 0 bridgehead atoms. The fourth-order valence-corrected chi connectivity index (χ4v) is 6.45. The van der Waals surface area contributed by atoms with Crippen molar-refractivity contribution in [1.29, 1.82) is 0 Å². The maximum atomic E-state index is 13.6. The molecule has 1 fully saturated rings. The Hall–Kier alpha value is -3.40. The van der Waals surface area contributed by atoms with E-state index in [-0.39, 0.29) is 49.5 Å². The largest absolute Gasteiger partial charge is 0.430 e. The zero-order valence-electron chi connectivity index (χ0n) is 20.3. The molecule has 218 valence electrons. The number of aryl methyl sites for hydroxylation is 1. The van der Waals surface area contributed by atoms with Crippen LogP contribution < -0.4 is 14.9 Å². The Kier molecular flexibility index (Phi) is 7.55. The second kappa shape index (κ2) is 10.2. The molecule has 3 N–H and O–H groups in total. The Morgan fingerprint density at radius 2 is 1.68 bits per heavy atom. The van der Waals surface area contributed by atoms with Crippen molar-refractivity contribution < 1.29 is 53.8 Å². The van der Waals surface area contributed by atoms with E-state index in [2.05, 4.69) is 10.6 Å². The third kappa shape index (κ3) is 5.21. The number of fused-ring (bicyclic) bond motifs is 1. The highest BCUT2D eigenvalue weighted by Crippen LogP contribution is 2.51. The number of alkyl halides is 6. The first-order valence-corrected chi connectivity index (χ1v) is 13.2. The van der Waals surface area contributed by atoms with Crippen molar-refractivity contribution in [3.63, 3.8) is 0 Å². The van der Waals surface area contributed by atoms with Gasteiger partial charge in [0.25, 0.3) is 15.6 Å². The number of amides is 2. The molecule has 2 heterocycles. The molecular formula is C24H22F7N3O5S. The van der Waals surface area contributed by atoms with E-state index in [1.807, 2.05) is 0 Å². The third-order valence-electron chi connectivity index (χ3n) is 6.86. The van der Waals surface area contributed by atoms with E-state index in [0.29, 0.717) is 12.1 Å². The van der Waals surface area contributed by atoms with Crippen LogP contribution in [0.5, 0.6) is 0 Å². The van der Waals surface area contributed by atoms with E-state index < -0.39 is 62.1 Å². The Bertz CT molecular complexity index is 1400. The summed E-state index contributed by atoms with van der Waals surface area (Å²) < 4.78 is 122. The molecule has 2 amide bonds. The molecule has 2 aromatic carbocycles. The lowest BCUT2D eigenvalue weighted by Gasteiger charge is -2.39. The molecule has 2 aliphatic rings. The second-order valence-corrected chi connectivity index (χ2v) is 11.3. The van der Waals surface area contributed by atoms with Gasteiger partial charge in [-0.1, -0.05) is 12.1 Å². The van der Waals surface area contributed by atoms with Crippen LogP contribution in [0.1, 0.15) is 24.0 Å². The van der Waals surface area contributed by atoms with Crippen LogP contribution in [-0.4, -0.2) is 56.8 Å². The number of hydrogen-bond acceptors (Lipinski definition) is 5. The van der Waals surface area contributed by atoms with E-state index in [9.17, 15) is 53.8 Å². The molecule has 16 heteroatoms. The lowest BCUT2D eigenvalue weighted by molar-refractivity contribution is -0.376. The fraction of sp³-hybridized carbons (Fsp3) is 0.417. The summed E-state index contributed by atoms with van der Waals surface area (Å²) in [7, 11) is -4.58. The van der Waals surface area contributed by atoms with Gasteiger partial charge in [0.1, 0.15) is 5.82 Å². The molecule has 2 atom stereocenters. The first-order chi connectivity index (χ1) is 18.5. The van der Waals surface area contributed by atoms with Gasteiger partial charge in [0.2, 0.25) is 11.8 Å². The van der Waals surface area contributed by atoms with Crippen LogP contribution in [0.15, 0.2) is 47.4 Å². The molecule has 8 nitrogen and oxygen atoms in total. The van der Waals surface area contributed by atoms with Gasteiger partial charge < -0.3 is 15.7 Å². The Balaban J connectivity index is 1.75. The minimum Gasteiger partial charge on any atom is -0.369 e. The van der Waals surface area contributed by atoms with E-state index >= 15 is 0 Å². The summed E-state index contributed by atoms with van der Waals surface area (Å²) in [4.78, 5) is 23.5. The minimum atomic E-state index is -6.14. The molecule has 0 spiro atoms. The number of carbonyl (C=O) groups is 2. The van der Waals surface area contributed by atoms with Crippen LogP contribution >= 0.6 is 0 Å². The number of benzene rings is 2. The Labute approximate surface area is 223 Å². The maximum absolute atomic E-state index is 13.6. The average molecular weight is 598 g/mol. The lowest BCUT2D eigenvalue weighted by Crippen LogP contribution is -2.54. The smallest absolute Gasteiger partial charge is 0.369 e. The minimum absolute atomic E-state index is 0.0693. The SMILES string of the molecule is O=C1CC(C(=O)NC[C@@H]2CCc3cc(C(O)(C(F)(F)F)C(F)(F)F)ccc3N2S(=O)(=O)c2ccc(F)cc2)CN1. The molecular weight excluding hydrogens is 575 g/mol. The molecule has 4 rings (SSSR count). The first-order valence-electron chi connectivity index (χ1n) is 11.8. The number of rotatable bonds is 6. The molecule has 2 aromatic rings. The van der Waals surface area contributed by atoms with Crippen LogP contribution in [-0.2, 0) is 31.6 Å². The summed E-state index contributed by atoms with van der Waals surface area (Å²) in [6.45, 7) is -0.236. The quantitative estimate of drug-likeness (QED) is 0.443. The van der Waals surface area contributed by atoms with E-state index in [1.165, 1.54) is 0 Å². The zero-order chi connectivity index (χ0) is 29.7. The van der Waals surface area contributed by atoms with Crippen molar-refractivity contribution in [2.75, 3.05) is 17.4 Å². The molecule has 0 aromatic heterocycles. The maximum Gasteiger partial charge on any atom is 0.430 e. The van der Waals surface area contributed by atoms with E-state index in [0.717, 1.165) is 34.6 Å². The van der Waals surface area contributed by atoms with Gasteiger partial charge in [-0.2, -0.15) is 26.3 Å². The number of anilines is 1. The summed E-state index contributed by atoms with van der Waals surface area (Å²) in [5.74, 6) is -2.37. The van der Waals surface area contributed by atoms with Crippen LogP contribution in [0.2, 0.25) is 0 Å². The van der Waals surface area contributed by atoms with Gasteiger partial charge >= 0.3 is 12.4 Å². The Morgan fingerprint density at radius 1 is 1.05 bits per heavy atom. The van der Waals surface area contributed by atoms with Gasteiger partial charge in [-0.3, -0.25) is 13.9 Å². The van der Waals surface area contributed by atoms with Crippen molar-refractivity contribution in [3.05, 3.63) is 59.4 Å². The van der Waals surface area contributed by atoms with Crippen molar-refractivity contribution in [2.45, 2.75) is 48.2 Å². The number of halogens is 7. The number of sulfonamides is 1. The standard InChI is InChI=1S/C24H22F7N3O5S/c25-16-3-6-18(7-4-16)40(38,39)34-17(12-33-21(36)14-10-20(35)32-11-14)5-1-13-9-15(2-8-19(13)34)22(37,23(26,27)28)24(29,30)31/h2-4,6-9,14,17,37H,1,5,10-12H2,(H,32,35)(H,33,36)/t14?,17-/m0/s1. The summed E-state index contributed by atoms with van der Waals surface area (Å²) in [6, 6.07) is 4.05. The molecule has 0 radical (unpaired) electrons. The van der Waals surface area contributed by atoms with Crippen molar-refractivity contribution in [3.8, 4) is 0 Å². The highest BCUT2D eigenvalue weighted by Gasteiger charge is 2.71. The van der Waals surface area contributed by atoms with Crippen LogP contribution in [0.25, 0.3) is 0 Å². The van der Waals surface area contributed by atoms with Crippen molar-refractivity contribution in [1.82, 2.24) is 10.6 Å². The third-order valence-corrected chi connectivity index (χ3v) is 8.74. The number of nitrogens with zero attached hydrogens (tertiary/aromatic N) is 1. The van der Waals surface area contributed by atoms with Crippen LogP contribution in [0, 0.1) is 11.7 Å². The predicted molar refractivity (Wildman–Crippen MR) is 125 cm³/mol. The summed E-state index contributed by atoms with van der Waals surface area (Å²) in [6.07, 6.45) is -12.7. The molecule has 1 saturated heterocycles. The van der Waals surface area contributed by atoms with Gasteiger partial charge in [-0.25, -0.2) is 12.8 Å². The zero-order valence-corrected chi connectivity index (χ0v) is 21.1. The van der Waals surface area contributed by atoms with Crippen LogP contribution in [0.3, 0.4) is 0 Å². The second-order valence-electron chi connectivity index (χ2n) is 9.45. The fourth-order valence-electron chi connectivity index (χ4n) is 4.73. The molecule has 0 saturated carbocycles. The number of nitrogens with one attached hydrogen (secondary N) is 2. The van der Waals surface area contributed by atoms with E-state index in [1.54, 1.807) is 0 Å². The van der Waals surface area contributed by atoms with Crippen molar-refractivity contribution >= 4 is 27.5 Å². The van der Waals surface area contributed by atoms with Gasteiger partial charge in [-0.15, -0.1) is 0 Å². The molecule has 1 unspecified atom stereocenters. The van der Waals surface area contributed by atoms with Gasteiger partial charge in [0, 0.05) is 25.1 Å². The molecule has 2 aliphatic heterocycles. The van der Waals surface area contributed by atoms with Gasteiger partial charge in [0.15, 0.2) is 0 Å². The number of hydrogen-bond donors (Lipinski definition) is 3. The highest BCUT2D eigenvalue weighted by molar-refractivity contribution is 7.92. The number of aliphatic hydroxyl groups is 1. The van der Waals surface area contributed by atoms with Gasteiger partial charge in [-0.05, 0) is 48.7 Å². The summed E-state index contributed by atoms with van der Waals surface area (Å²) in [5.41, 5.74) is -7.27. The number of carbonyl (C=O) groups excluding carboxylic acids is 2. The molecule has 40 heavy (non-hydrogen) atoms. The Morgan fingerprint density at radius 3 is 2.23 bits per heavy atom. The van der Waals surface area contributed by atoms with Crippen LogP contribution in [0.4, 0.5) is 36.4 Å². The summed E-state index contributed by atoms with van der Waals surface area (Å²) >= 11 is 0. The lowest BCUT2D eigenvalue weighted by atomic mass is 9.88. The topological polar surface area (TPSA) is 116 Å². The predicted octanol–water partition coefficient (Wildman–Crippen LogP) is 2.90. The average Bonchev–Trinajstić information content (AvgIpc) is 3.31. The summed E-state index contributed by atoms with van der Waals surface area (Å²) in [5, 5.41) is 14.8. The van der Waals surface area contributed by atoms with E-state index in [4.69, 9.17) is 0 Å². The highest BCUT2D eigenvalue weighted by atomic mass is 32.2. The first kappa shape index (κ1) is 29.6. The van der Waals surface area contributed by atoms with Crippen molar-refractivity contribution in [2.24, 2.45) is 5.92 Å². The van der Waals surface area contributed by atoms with Gasteiger partial charge in [0.05, 0.1) is 22.5 Å². The molecule has 0 aliphatic carbocycles.